The van der Waals surface area contributed by atoms with Crippen molar-refractivity contribution in [3.8, 4) is 0 Å². The summed E-state index contributed by atoms with van der Waals surface area (Å²) in [6.07, 6.45) is 0.0178. The van der Waals surface area contributed by atoms with Gasteiger partial charge in [-0.3, -0.25) is 0 Å². The van der Waals surface area contributed by atoms with Gasteiger partial charge >= 0.3 is 12.2 Å². The van der Waals surface area contributed by atoms with Crippen LogP contribution in [0.1, 0.15) is 61.4 Å². The Morgan fingerprint density at radius 2 is 1.77 bits per heavy atom. The molecule has 210 valence electrons. The van der Waals surface area contributed by atoms with E-state index in [9.17, 15) is 14.7 Å². The lowest BCUT2D eigenvalue weighted by Crippen LogP contribution is -2.44. The number of imidazole rings is 1. The van der Waals surface area contributed by atoms with Gasteiger partial charge in [-0.05, 0) is 71.6 Å². The predicted molar refractivity (Wildman–Crippen MR) is 137 cm³/mol. The minimum atomic E-state index is -1.07. The minimum Gasteiger partial charge on any atom is -0.443 e. The number of nitrogens with zero attached hydrogens (tertiary/aromatic N) is 8. The number of aliphatic hydroxyl groups excluding tert-OH is 1. The van der Waals surface area contributed by atoms with E-state index in [0.717, 1.165) is 0 Å². The molecule has 1 aliphatic heterocycles. The number of imide groups is 1. The number of anilines is 1. The third-order valence-corrected chi connectivity index (χ3v) is 5.61. The van der Waals surface area contributed by atoms with Crippen LogP contribution in [0.3, 0.4) is 0 Å². The number of aromatic nitrogens is 4. The van der Waals surface area contributed by atoms with Crippen LogP contribution in [-0.2, 0) is 18.9 Å². The monoisotopic (exact) mass is 544 g/mol. The van der Waals surface area contributed by atoms with E-state index in [1.807, 2.05) is 0 Å². The maximum absolute atomic E-state index is 13.3. The quantitative estimate of drug-likeness (QED) is 0.249. The highest BCUT2D eigenvalue weighted by Crippen LogP contribution is 2.44. The molecule has 0 spiro atoms. The van der Waals surface area contributed by atoms with Crippen LogP contribution in [0.2, 0.25) is 0 Å². The van der Waals surface area contributed by atoms with Crippen LogP contribution in [0.4, 0.5) is 21.4 Å². The van der Waals surface area contributed by atoms with Crippen LogP contribution in [0.15, 0.2) is 23.1 Å². The van der Waals surface area contributed by atoms with Crippen molar-refractivity contribution < 1.29 is 33.6 Å². The number of carbonyl (C=O) groups is 2. The van der Waals surface area contributed by atoms with E-state index in [1.165, 1.54) is 6.33 Å². The Morgan fingerprint density at radius 3 is 2.31 bits per heavy atom. The number of azide groups is 1. The molecule has 0 bridgehead atoms. The molecule has 39 heavy (non-hydrogen) atoms. The molecule has 2 amide bonds. The third-order valence-electron chi connectivity index (χ3n) is 5.61. The number of aliphatic hydroxyl groups is 1. The van der Waals surface area contributed by atoms with E-state index in [1.54, 1.807) is 66.0 Å². The molecule has 1 N–H and O–H groups in total. The van der Waals surface area contributed by atoms with Crippen LogP contribution < -0.4 is 4.90 Å². The van der Waals surface area contributed by atoms with Crippen LogP contribution in [0, 0.1) is 0 Å². The summed E-state index contributed by atoms with van der Waals surface area (Å²) >= 11 is 0. The van der Waals surface area contributed by atoms with Gasteiger partial charge in [0.25, 0.3) is 0 Å². The van der Waals surface area contributed by atoms with Crippen LogP contribution >= 0.6 is 0 Å². The molecule has 3 atom stereocenters. The molecule has 3 heterocycles. The lowest BCUT2D eigenvalue weighted by Gasteiger charge is -2.28. The number of fused-ring (bicyclic) bond motifs is 2. The van der Waals surface area contributed by atoms with Gasteiger partial charge in [-0.25, -0.2) is 24.5 Å². The van der Waals surface area contributed by atoms with E-state index >= 15 is 0 Å². The lowest BCUT2D eigenvalue weighted by atomic mass is 10.1. The SMILES string of the molecule is CC(C)(C)OC(=O)N(C(=O)OC(C)(C)C)c1nc(N=[N+]=[N-])nc2c1ncn2[C@@H]1C=C(CO)[C@H]2OC(C)(C)O[C@H]21. The second-order valence-electron chi connectivity index (χ2n) is 11.6. The molecule has 1 fully saturated rings. The standard InChI is InChI=1S/C24H32N8O7/c1-22(2,3)38-20(34)32(21(35)39-23(4,5)6)18-14-17(27-19(28-18)29-30-25)31(11-26-14)13-9-12(10-33)15-16(13)37-24(7,8)36-15/h9,11,13,15-16,33H,10H2,1-8H3/t13-,15-,16+/m1/s1. The van der Waals surface area contributed by atoms with Gasteiger partial charge in [0, 0.05) is 4.91 Å². The Hall–Kier alpha value is -3.78. The molecule has 0 radical (unpaired) electrons. The summed E-state index contributed by atoms with van der Waals surface area (Å²) in [5.41, 5.74) is 7.96. The maximum atomic E-state index is 13.3. The van der Waals surface area contributed by atoms with E-state index in [4.69, 9.17) is 24.5 Å². The van der Waals surface area contributed by atoms with Crippen molar-refractivity contribution in [1.29, 1.82) is 0 Å². The first-order valence-electron chi connectivity index (χ1n) is 12.3. The number of hydrogen-bond acceptors (Lipinski definition) is 11. The highest BCUT2D eigenvalue weighted by Gasteiger charge is 2.51. The predicted octanol–water partition coefficient (Wildman–Crippen LogP) is 4.44. The normalized spacial score (nSPS) is 22.2. The summed E-state index contributed by atoms with van der Waals surface area (Å²) in [5, 5.41) is 13.4. The molecule has 1 aliphatic carbocycles. The number of hydrogen-bond donors (Lipinski definition) is 1. The molecule has 15 heteroatoms. The van der Waals surface area contributed by atoms with Crippen LogP contribution in [0.5, 0.6) is 0 Å². The third kappa shape index (κ3) is 5.81. The number of amides is 2. The number of carbonyl (C=O) groups excluding carboxylic acids is 2. The first-order chi connectivity index (χ1) is 18.0. The van der Waals surface area contributed by atoms with Gasteiger partial charge in [-0.15, -0.1) is 0 Å². The second-order valence-corrected chi connectivity index (χ2v) is 11.6. The summed E-state index contributed by atoms with van der Waals surface area (Å²) in [4.78, 5) is 42.8. The van der Waals surface area contributed by atoms with Crippen molar-refractivity contribution in [2.75, 3.05) is 11.5 Å². The van der Waals surface area contributed by atoms with Crippen LogP contribution in [0.25, 0.3) is 21.6 Å². The molecule has 1 saturated heterocycles. The first kappa shape index (κ1) is 28.2. The van der Waals surface area contributed by atoms with Crippen molar-refractivity contribution in [2.45, 2.75) is 90.6 Å². The summed E-state index contributed by atoms with van der Waals surface area (Å²) < 4.78 is 24.6. The smallest absolute Gasteiger partial charge is 0.425 e. The topological polar surface area (TPSA) is 187 Å². The van der Waals surface area contributed by atoms with Crippen LogP contribution in [-0.4, -0.2) is 72.6 Å². The zero-order chi connectivity index (χ0) is 28.9. The Labute approximate surface area is 224 Å². The Balaban J connectivity index is 1.90. The average Bonchev–Trinajstić information content (AvgIpc) is 3.42. The van der Waals surface area contributed by atoms with Crippen molar-refractivity contribution in [3.63, 3.8) is 0 Å². The van der Waals surface area contributed by atoms with Crippen molar-refractivity contribution in [1.82, 2.24) is 19.5 Å². The summed E-state index contributed by atoms with van der Waals surface area (Å²) in [6.45, 7) is 13.1. The molecule has 2 aromatic heterocycles. The van der Waals surface area contributed by atoms with E-state index in [0.29, 0.717) is 10.5 Å². The minimum absolute atomic E-state index is 0.0317. The summed E-state index contributed by atoms with van der Waals surface area (Å²) in [6, 6.07) is -0.540. The molecular formula is C24H32N8O7. The largest absolute Gasteiger partial charge is 0.443 e. The van der Waals surface area contributed by atoms with E-state index in [2.05, 4.69) is 25.0 Å². The highest BCUT2D eigenvalue weighted by molar-refractivity contribution is 6.12. The second kappa shape index (κ2) is 9.75. The van der Waals surface area contributed by atoms with Gasteiger partial charge in [0.1, 0.15) is 23.4 Å². The average molecular weight is 545 g/mol. The van der Waals surface area contributed by atoms with Gasteiger partial charge in [0.2, 0.25) is 5.95 Å². The van der Waals surface area contributed by atoms with Gasteiger partial charge in [-0.1, -0.05) is 6.08 Å². The van der Waals surface area contributed by atoms with E-state index < -0.39 is 47.4 Å². The van der Waals surface area contributed by atoms with Gasteiger partial charge in [0.05, 0.1) is 19.0 Å². The van der Waals surface area contributed by atoms with Crippen molar-refractivity contribution >= 4 is 35.1 Å². The molecule has 15 nitrogen and oxygen atoms in total. The number of rotatable bonds is 4. The molecule has 0 aromatic carbocycles. The number of ether oxygens (including phenoxy) is 4. The van der Waals surface area contributed by atoms with Gasteiger partial charge in [-0.2, -0.15) is 4.90 Å². The zero-order valence-corrected chi connectivity index (χ0v) is 23.1. The lowest BCUT2D eigenvalue weighted by molar-refractivity contribution is -0.148. The molecule has 4 rings (SSSR count). The molecule has 2 aliphatic rings. The maximum Gasteiger partial charge on any atom is 0.425 e. The van der Waals surface area contributed by atoms with E-state index in [-0.39, 0.29) is 29.5 Å². The Morgan fingerprint density at radius 1 is 1.15 bits per heavy atom. The molecule has 0 unspecified atom stereocenters. The molecule has 2 aromatic rings. The zero-order valence-electron chi connectivity index (χ0n) is 23.1. The fourth-order valence-corrected chi connectivity index (χ4v) is 4.33. The fourth-order valence-electron chi connectivity index (χ4n) is 4.33. The van der Waals surface area contributed by atoms with Crippen molar-refractivity contribution in [2.24, 2.45) is 5.11 Å². The fraction of sp³-hybridized carbons (Fsp3) is 0.625. The molecule has 0 saturated carbocycles. The summed E-state index contributed by atoms with van der Waals surface area (Å²) in [7, 11) is 0. The van der Waals surface area contributed by atoms with Gasteiger partial charge in [0.15, 0.2) is 22.8 Å². The van der Waals surface area contributed by atoms with Gasteiger partial charge < -0.3 is 28.6 Å². The Bertz CT molecular complexity index is 1350. The summed E-state index contributed by atoms with van der Waals surface area (Å²) in [5.74, 6) is -1.57. The Kier molecular flexibility index (Phi) is 7.06. The molecular weight excluding hydrogens is 512 g/mol. The first-order valence-corrected chi connectivity index (χ1v) is 12.3. The highest BCUT2D eigenvalue weighted by atomic mass is 16.8. The van der Waals surface area contributed by atoms with Crippen molar-refractivity contribution in [3.05, 3.63) is 28.4 Å².